The van der Waals surface area contributed by atoms with Gasteiger partial charge < -0.3 is 20.0 Å². The fraction of sp³-hybridized carbons (Fsp3) is 0.500. The Morgan fingerprint density at radius 2 is 2.09 bits per heavy atom. The molecule has 0 spiro atoms. The molecule has 0 radical (unpaired) electrons. The molecular weight excluding hydrogens is 284 g/mol. The van der Waals surface area contributed by atoms with Gasteiger partial charge in [-0.2, -0.15) is 0 Å². The van der Waals surface area contributed by atoms with Crippen LogP contribution in [-0.4, -0.2) is 64.1 Å². The largest absolute Gasteiger partial charge is 0.507 e. The molecule has 1 unspecified atom stereocenters. The quantitative estimate of drug-likeness (QED) is 0.844. The van der Waals surface area contributed by atoms with Crippen molar-refractivity contribution in [1.29, 1.82) is 0 Å². The number of aliphatic hydroxyl groups excluding tert-OH is 1. The number of aliphatic hydroxyl groups is 1. The van der Waals surface area contributed by atoms with Gasteiger partial charge in [0.25, 0.3) is 5.91 Å². The highest BCUT2D eigenvalue weighted by atomic mass is 16.3. The predicted molar refractivity (Wildman–Crippen MR) is 81.5 cm³/mol. The molecule has 2 N–H and O–H groups in total. The summed E-state index contributed by atoms with van der Waals surface area (Å²) in [6, 6.07) is 5.84. The summed E-state index contributed by atoms with van der Waals surface area (Å²) in [5.74, 6) is -0.542. The van der Waals surface area contributed by atoms with Crippen molar-refractivity contribution < 1.29 is 19.8 Å². The van der Waals surface area contributed by atoms with E-state index in [1.54, 1.807) is 23.1 Å². The van der Waals surface area contributed by atoms with E-state index in [0.29, 0.717) is 19.5 Å². The first-order chi connectivity index (χ1) is 10.6. The maximum absolute atomic E-state index is 12.6. The van der Waals surface area contributed by atoms with Crippen LogP contribution >= 0.6 is 0 Å². The Morgan fingerprint density at radius 1 is 1.36 bits per heavy atom. The van der Waals surface area contributed by atoms with Gasteiger partial charge in [-0.3, -0.25) is 9.59 Å². The first-order valence-electron chi connectivity index (χ1n) is 7.58. The minimum atomic E-state index is -0.515. The lowest BCUT2D eigenvalue weighted by atomic mass is 10.1. The first-order valence-corrected chi connectivity index (χ1v) is 7.58. The van der Waals surface area contributed by atoms with Crippen LogP contribution in [0, 0.1) is 0 Å². The molecule has 1 aliphatic rings. The predicted octanol–water partition coefficient (Wildman–Crippen LogP) is 0.838. The van der Waals surface area contributed by atoms with E-state index in [0.717, 1.165) is 6.42 Å². The van der Waals surface area contributed by atoms with E-state index in [9.17, 15) is 14.7 Å². The van der Waals surface area contributed by atoms with Gasteiger partial charge in [-0.15, -0.1) is 0 Å². The molecule has 1 aromatic carbocycles. The van der Waals surface area contributed by atoms with Crippen LogP contribution in [0.25, 0.3) is 0 Å². The minimum absolute atomic E-state index is 0.0756. The van der Waals surface area contributed by atoms with Gasteiger partial charge in [-0.05, 0) is 31.9 Å². The molecule has 0 saturated carbocycles. The van der Waals surface area contributed by atoms with Crippen molar-refractivity contribution in [1.82, 2.24) is 9.80 Å². The highest BCUT2D eigenvalue weighted by molar-refractivity contribution is 5.99. The Kier molecular flexibility index (Phi) is 5.38. The number of phenolic OH excluding ortho intramolecular Hbond substituents is 1. The molecule has 0 aliphatic carbocycles. The van der Waals surface area contributed by atoms with Crippen molar-refractivity contribution in [2.45, 2.75) is 25.8 Å². The highest BCUT2D eigenvalue weighted by Gasteiger charge is 2.37. The van der Waals surface area contributed by atoms with Crippen molar-refractivity contribution in [3.05, 3.63) is 29.8 Å². The monoisotopic (exact) mass is 306 g/mol. The van der Waals surface area contributed by atoms with Gasteiger partial charge in [-0.1, -0.05) is 12.1 Å². The van der Waals surface area contributed by atoms with Crippen molar-refractivity contribution in [2.24, 2.45) is 0 Å². The number of carbonyl (C=O) groups excluding carboxylic acids is 2. The number of hydrogen-bond acceptors (Lipinski definition) is 4. The number of hydrogen-bond donors (Lipinski definition) is 2. The number of benzene rings is 1. The van der Waals surface area contributed by atoms with Gasteiger partial charge in [0.1, 0.15) is 11.8 Å². The molecule has 1 aliphatic heterocycles. The standard InChI is InChI=1S/C16H22N2O4/c1-2-17(10-11-19)16(22)13-7-5-9-18(13)15(21)12-6-3-4-8-14(12)20/h3-4,6,8,13,19-20H,2,5,7,9-11H2,1H3. The molecule has 2 amide bonds. The Morgan fingerprint density at radius 3 is 2.73 bits per heavy atom. The number of nitrogens with zero attached hydrogens (tertiary/aromatic N) is 2. The summed E-state index contributed by atoms with van der Waals surface area (Å²) in [6.07, 6.45) is 1.37. The summed E-state index contributed by atoms with van der Waals surface area (Å²) >= 11 is 0. The molecule has 1 saturated heterocycles. The summed E-state index contributed by atoms with van der Waals surface area (Å²) in [5, 5.41) is 18.9. The number of carbonyl (C=O) groups is 2. The van der Waals surface area contributed by atoms with Gasteiger partial charge in [0.2, 0.25) is 5.91 Å². The highest BCUT2D eigenvalue weighted by Crippen LogP contribution is 2.25. The van der Waals surface area contributed by atoms with Crippen molar-refractivity contribution >= 4 is 11.8 Å². The van der Waals surface area contributed by atoms with Gasteiger partial charge in [0, 0.05) is 19.6 Å². The Bertz CT molecular complexity index is 547. The topological polar surface area (TPSA) is 81.1 Å². The minimum Gasteiger partial charge on any atom is -0.507 e. The molecule has 0 aromatic heterocycles. The Balaban J connectivity index is 2.18. The molecule has 1 fully saturated rings. The van der Waals surface area contributed by atoms with E-state index >= 15 is 0 Å². The van der Waals surface area contributed by atoms with E-state index in [-0.39, 0.29) is 36.3 Å². The number of phenols is 1. The smallest absolute Gasteiger partial charge is 0.258 e. The average Bonchev–Trinajstić information content (AvgIpc) is 3.01. The Hall–Kier alpha value is -2.08. The van der Waals surface area contributed by atoms with Gasteiger partial charge in [0.15, 0.2) is 0 Å². The lowest BCUT2D eigenvalue weighted by Crippen LogP contribution is -2.48. The number of likely N-dealkylation sites (tertiary alicyclic amines) is 1. The summed E-state index contributed by atoms with van der Waals surface area (Å²) in [7, 11) is 0. The molecule has 6 heteroatoms. The molecule has 1 atom stereocenters. The molecule has 22 heavy (non-hydrogen) atoms. The van der Waals surface area contributed by atoms with Crippen LogP contribution < -0.4 is 0 Å². The maximum Gasteiger partial charge on any atom is 0.258 e. The van der Waals surface area contributed by atoms with E-state index in [1.165, 1.54) is 11.0 Å². The lowest BCUT2D eigenvalue weighted by molar-refractivity contribution is -0.135. The van der Waals surface area contributed by atoms with Crippen LogP contribution in [0.3, 0.4) is 0 Å². The second kappa shape index (κ2) is 7.26. The molecule has 6 nitrogen and oxygen atoms in total. The summed E-state index contributed by atoms with van der Waals surface area (Å²) in [5.41, 5.74) is 0.215. The zero-order valence-corrected chi connectivity index (χ0v) is 12.7. The van der Waals surface area contributed by atoms with E-state index in [1.807, 2.05) is 6.92 Å². The van der Waals surface area contributed by atoms with Crippen LogP contribution in [0.2, 0.25) is 0 Å². The molecular formula is C16H22N2O4. The molecule has 1 aromatic rings. The number of para-hydroxylation sites is 1. The van der Waals surface area contributed by atoms with E-state index < -0.39 is 6.04 Å². The first kappa shape index (κ1) is 16.3. The third-order valence-electron chi connectivity index (χ3n) is 4.00. The fourth-order valence-electron chi connectivity index (χ4n) is 2.83. The van der Waals surface area contributed by atoms with Crippen LogP contribution in [0.1, 0.15) is 30.1 Å². The van der Waals surface area contributed by atoms with Crippen molar-refractivity contribution in [3.8, 4) is 5.75 Å². The fourth-order valence-corrected chi connectivity index (χ4v) is 2.83. The van der Waals surface area contributed by atoms with Crippen LogP contribution in [-0.2, 0) is 4.79 Å². The number of likely N-dealkylation sites (N-methyl/N-ethyl adjacent to an activating group) is 1. The summed E-state index contributed by atoms with van der Waals surface area (Å²) in [6.45, 7) is 3.01. The molecule has 2 rings (SSSR count). The number of amides is 2. The number of aromatic hydroxyl groups is 1. The van der Waals surface area contributed by atoms with E-state index in [4.69, 9.17) is 5.11 Å². The molecule has 120 valence electrons. The Labute approximate surface area is 130 Å². The lowest BCUT2D eigenvalue weighted by Gasteiger charge is -2.29. The normalized spacial score (nSPS) is 17.5. The molecule has 1 heterocycles. The average molecular weight is 306 g/mol. The zero-order chi connectivity index (χ0) is 16.1. The maximum atomic E-state index is 12.6. The number of rotatable bonds is 5. The van der Waals surface area contributed by atoms with Crippen molar-refractivity contribution in [3.63, 3.8) is 0 Å². The van der Waals surface area contributed by atoms with Crippen LogP contribution in [0.5, 0.6) is 5.75 Å². The summed E-state index contributed by atoms with van der Waals surface area (Å²) < 4.78 is 0. The third-order valence-corrected chi connectivity index (χ3v) is 4.00. The van der Waals surface area contributed by atoms with Gasteiger partial charge >= 0.3 is 0 Å². The molecule has 0 bridgehead atoms. The second-order valence-corrected chi connectivity index (χ2v) is 5.32. The van der Waals surface area contributed by atoms with E-state index in [2.05, 4.69) is 0 Å². The second-order valence-electron chi connectivity index (χ2n) is 5.32. The SMILES string of the molecule is CCN(CCO)C(=O)C1CCCN1C(=O)c1ccccc1O. The van der Waals surface area contributed by atoms with Crippen molar-refractivity contribution in [2.75, 3.05) is 26.2 Å². The summed E-state index contributed by atoms with van der Waals surface area (Å²) in [4.78, 5) is 28.2. The third kappa shape index (κ3) is 3.22. The van der Waals surface area contributed by atoms with Crippen LogP contribution in [0.15, 0.2) is 24.3 Å². The van der Waals surface area contributed by atoms with Gasteiger partial charge in [-0.25, -0.2) is 0 Å². The zero-order valence-electron chi connectivity index (χ0n) is 12.7. The van der Waals surface area contributed by atoms with Crippen LogP contribution in [0.4, 0.5) is 0 Å². The van der Waals surface area contributed by atoms with Gasteiger partial charge in [0.05, 0.1) is 12.2 Å².